The van der Waals surface area contributed by atoms with E-state index in [0.29, 0.717) is 19.0 Å². The van der Waals surface area contributed by atoms with E-state index >= 15 is 0 Å². The highest BCUT2D eigenvalue weighted by Crippen LogP contribution is 2.17. The van der Waals surface area contributed by atoms with Gasteiger partial charge in [0.25, 0.3) is 0 Å². The summed E-state index contributed by atoms with van der Waals surface area (Å²) >= 11 is 11.4. The first-order chi connectivity index (χ1) is 7.13. The van der Waals surface area contributed by atoms with Crippen molar-refractivity contribution in [1.29, 1.82) is 0 Å². The molecule has 0 radical (unpaired) electrons. The van der Waals surface area contributed by atoms with E-state index in [1.54, 1.807) is 0 Å². The van der Waals surface area contributed by atoms with Gasteiger partial charge < -0.3 is 10.1 Å². The van der Waals surface area contributed by atoms with Crippen molar-refractivity contribution >= 4 is 29.0 Å². The Morgan fingerprint density at radius 3 is 2.80 bits per heavy atom. The molecule has 1 unspecified atom stereocenters. The number of aromatic nitrogens is 3. The summed E-state index contributed by atoms with van der Waals surface area (Å²) in [5.41, 5.74) is 0. The molecule has 1 aromatic heterocycles. The Labute approximate surface area is 98.2 Å². The van der Waals surface area contributed by atoms with Crippen LogP contribution in [0.4, 0.5) is 5.82 Å². The minimum absolute atomic E-state index is 0.0607. The third-order valence-electron chi connectivity index (χ3n) is 1.57. The lowest BCUT2D eigenvalue weighted by Crippen LogP contribution is -2.22. The summed E-state index contributed by atoms with van der Waals surface area (Å²) in [4.78, 5) is 3.91. The summed E-state index contributed by atoms with van der Waals surface area (Å²) in [6.45, 7) is 5.11. The highest BCUT2D eigenvalue weighted by Gasteiger charge is 2.09. The van der Waals surface area contributed by atoms with Gasteiger partial charge in [-0.3, -0.25) is 0 Å². The lowest BCUT2D eigenvalue weighted by molar-refractivity contribution is 0.141. The Morgan fingerprint density at radius 1 is 1.40 bits per heavy atom. The van der Waals surface area contributed by atoms with Crippen molar-refractivity contribution in [3.8, 4) is 0 Å². The second-order valence-electron chi connectivity index (χ2n) is 2.93. The zero-order valence-electron chi connectivity index (χ0n) is 8.50. The van der Waals surface area contributed by atoms with Crippen LogP contribution >= 0.6 is 23.2 Å². The number of hydrogen-bond donors (Lipinski definition) is 1. The van der Waals surface area contributed by atoms with Gasteiger partial charge in [-0.05, 0) is 25.4 Å². The number of nitrogens with one attached hydrogen (secondary N) is 1. The zero-order chi connectivity index (χ0) is 11.3. The van der Waals surface area contributed by atoms with Crippen molar-refractivity contribution in [2.45, 2.75) is 19.9 Å². The topological polar surface area (TPSA) is 59.9 Å². The molecule has 1 atom stereocenters. The van der Waals surface area contributed by atoms with Crippen LogP contribution in [0.25, 0.3) is 0 Å². The highest BCUT2D eigenvalue weighted by molar-refractivity contribution is 6.32. The van der Waals surface area contributed by atoms with Gasteiger partial charge in [0.1, 0.15) is 0 Å². The van der Waals surface area contributed by atoms with Crippen LogP contribution in [-0.2, 0) is 4.74 Å². The minimum atomic E-state index is 0.0607. The van der Waals surface area contributed by atoms with Gasteiger partial charge in [-0.2, -0.15) is 4.98 Å². The summed E-state index contributed by atoms with van der Waals surface area (Å²) in [6, 6.07) is 0.0789. The maximum Gasteiger partial charge on any atom is 0.245 e. The molecule has 0 aromatic carbocycles. The number of anilines is 1. The molecule has 0 aliphatic heterocycles. The van der Waals surface area contributed by atoms with Gasteiger partial charge in [-0.1, -0.05) is 11.6 Å². The summed E-state index contributed by atoms with van der Waals surface area (Å²) in [5, 5.41) is 10.4. The molecule has 0 saturated carbocycles. The van der Waals surface area contributed by atoms with Crippen molar-refractivity contribution in [1.82, 2.24) is 15.2 Å². The Morgan fingerprint density at radius 2 is 2.13 bits per heavy atom. The van der Waals surface area contributed by atoms with Crippen molar-refractivity contribution in [2.75, 3.05) is 18.5 Å². The Kier molecular flexibility index (Phi) is 5.01. The third-order valence-corrected chi connectivity index (χ3v) is 1.99. The molecule has 0 aliphatic carbocycles. The van der Waals surface area contributed by atoms with Crippen LogP contribution in [0, 0.1) is 0 Å². The van der Waals surface area contributed by atoms with Crippen LogP contribution in [0.2, 0.25) is 10.4 Å². The van der Waals surface area contributed by atoms with Crippen LogP contribution in [0.1, 0.15) is 13.8 Å². The molecule has 1 N–H and O–H groups in total. The van der Waals surface area contributed by atoms with Gasteiger partial charge in [-0.15, -0.1) is 10.2 Å². The zero-order valence-corrected chi connectivity index (χ0v) is 10.0. The van der Waals surface area contributed by atoms with Gasteiger partial charge in [0.15, 0.2) is 11.0 Å². The largest absolute Gasteiger partial charge is 0.380 e. The van der Waals surface area contributed by atoms with Crippen molar-refractivity contribution < 1.29 is 4.74 Å². The average molecular weight is 251 g/mol. The molecule has 84 valence electrons. The van der Waals surface area contributed by atoms with E-state index in [4.69, 9.17) is 27.9 Å². The molecule has 0 amide bonds. The smallest absolute Gasteiger partial charge is 0.245 e. The van der Waals surface area contributed by atoms with E-state index in [0.717, 1.165) is 0 Å². The molecule has 1 rings (SSSR count). The van der Waals surface area contributed by atoms with E-state index in [2.05, 4.69) is 20.5 Å². The SMILES string of the molecule is CCOCC(C)Nc1nc(Cl)nnc1Cl. The Bertz CT molecular complexity index is 324. The molecule has 0 spiro atoms. The molecular weight excluding hydrogens is 239 g/mol. The second kappa shape index (κ2) is 6.05. The second-order valence-corrected chi connectivity index (χ2v) is 3.62. The maximum atomic E-state index is 5.78. The van der Waals surface area contributed by atoms with E-state index in [1.165, 1.54) is 0 Å². The normalized spacial score (nSPS) is 12.5. The summed E-state index contributed by atoms with van der Waals surface area (Å²) in [7, 11) is 0. The molecule has 5 nitrogen and oxygen atoms in total. The summed E-state index contributed by atoms with van der Waals surface area (Å²) < 4.78 is 5.24. The van der Waals surface area contributed by atoms with Crippen LogP contribution in [0.3, 0.4) is 0 Å². The number of ether oxygens (including phenoxy) is 1. The van der Waals surface area contributed by atoms with Gasteiger partial charge in [0, 0.05) is 12.6 Å². The fourth-order valence-electron chi connectivity index (χ4n) is 0.955. The molecule has 7 heteroatoms. The van der Waals surface area contributed by atoms with Crippen molar-refractivity contribution in [2.24, 2.45) is 0 Å². The fourth-order valence-corrected chi connectivity index (χ4v) is 1.21. The van der Waals surface area contributed by atoms with E-state index in [-0.39, 0.29) is 16.5 Å². The molecule has 0 fully saturated rings. The van der Waals surface area contributed by atoms with Gasteiger partial charge in [0.05, 0.1) is 6.61 Å². The predicted molar refractivity (Wildman–Crippen MR) is 59.4 cm³/mol. The first kappa shape index (κ1) is 12.4. The third kappa shape index (κ3) is 4.15. The first-order valence-electron chi connectivity index (χ1n) is 4.53. The number of rotatable bonds is 5. The van der Waals surface area contributed by atoms with E-state index in [1.807, 2.05) is 13.8 Å². The summed E-state index contributed by atoms with van der Waals surface area (Å²) in [5.74, 6) is 0.420. The van der Waals surface area contributed by atoms with Gasteiger partial charge >= 0.3 is 0 Å². The molecule has 15 heavy (non-hydrogen) atoms. The molecule has 1 aromatic rings. The number of halogens is 2. The van der Waals surface area contributed by atoms with Crippen LogP contribution in [0.15, 0.2) is 0 Å². The monoisotopic (exact) mass is 250 g/mol. The molecular formula is C8H12Cl2N4O. The van der Waals surface area contributed by atoms with Crippen LogP contribution < -0.4 is 5.32 Å². The molecule has 0 saturated heterocycles. The van der Waals surface area contributed by atoms with Crippen LogP contribution in [-0.4, -0.2) is 34.4 Å². The van der Waals surface area contributed by atoms with Crippen LogP contribution in [0.5, 0.6) is 0 Å². The average Bonchev–Trinajstić information content (AvgIpc) is 2.20. The van der Waals surface area contributed by atoms with Crippen molar-refractivity contribution in [3.05, 3.63) is 10.4 Å². The molecule has 0 aliphatic rings. The van der Waals surface area contributed by atoms with Gasteiger partial charge in [-0.25, -0.2) is 0 Å². The number of nitrogens with zero attached hydrogens (tertiary/aromatic N) is 3. The lowest BCUT2D eigenvalue weighted by Gasteiger charge is -2.14. The Balaban J connectivity index is 2.59. The first-order valence-corrected chi connectivity index (χ1v) is 5.29. The minimum Gasteiger partial charge on any atom is -0.380 e. The van der Waals surface area contributed by atoms with Gasteiger partial charge in [0.2, 0.25) is 5.28 Å². The quantitative estimate of drug-likeness (QED) is 0.867. The highest BCUT2D eigenvalue weighted by atomic mass is 35.5. The number of hydrogen-bond acceptors (Lipinski definition) is 5. The Hall–Kier alpha value is -0.650. The predicted octanol–water partition coefficient (Wildman–Crippen LogP) is 2.02. The summed E-state index contributed by atoms with van der Waals surface area (Å²) in [6.07, 6.45) is 0. The lowest BCUT2D eigenvalue weighted by atomic mass is 10.3. The fraction of sp³-hybridized carbons (Fsp3) is 0.625. The maximum absolute atomic E-state index is 5.78. The van der Waals surface area contributed by atoms with E-state index in [9.17, 15) is 0 Å². The molecule has 1 heterocycles. The molecule has 0 bridgehead atoms. The van der Waals surface area contributed by atoms with E-state index < -0.39 is 0 Å². The van der Waals surface area contributed by atoms with Crippen molar-refractivity contribution in [3.63, 3.8) is 0 Å². The standard InChI is InChI=1S/C8H12Cl2N4O/c1-3-15-4-5(2)11-7-6(9)13-14-8(10)12-7/h5H,3-4H2,1-2H3,(H,11,12,14).